The number of ether oxygens (including phenoxy) is 1. The Bertz CT molecular complexity index is 799. The Morgan fingerprint density at radius 1 is 1.20 bits per heavy atom. The largest absolute Gasteiger partial charge is 0.486 e. The van der Waals surface area contributed by atoms with Crippen LogP contribution >= 0.6 is 11.8 Å². The van der Waals surface area contributed by atoms with E-state index in [0.717, 1.165) is 29.3 Å². The molecular weight excluding hydrogens is 330 g/mol. The molecule has 1 aromatic carbocycles. The van der Waals surface area contributed by atoms with Crippen LogP contribution in [0, 0.1) is 11.3 Å². The van der Waals surface area contributed by atoms with Gasteiger partial charge in [0.1, 0.15) is 29.0 Å². The van der Waals surface area contributed by atoms with Crippen molar-refractivity contribution in [3.05, 3.63) is 46.9 Å². The third-order valence-electron chi connectivity index (χ3n) is 4.31. The molecule has 0 saturated heterocycles. The molecule has 5 heteroatoms. The van der Waals surface area contributed by atoms with Crippen molar-refractivity contribution in [1.82, 2.24) is 9.97 Å². The molecule has 130 valence electrons. The molecule has 0 unspecified atom stereocenters. The topological polar surface area (TPSA) is 58.8 Å². The Morgan fingerprint density at radius 3 is 2.40 bits per heavy atom. The summed E-state index contributed by atoms with van der Waals surface area (Å²) in [5, 5.41) is 10.2. The standard InChI is InChI=1S/C20H23N3OS/c1-20(2,3)14-7-9-15(10-8-14)24-12-17-22-18(13-5-6-13)16(11-21)19(23-17)25-4/h7-10,13H,5-6,12H2,1-4H3. The summed E-state index contributed by atoms with van der Waals surface area (Å²) in [5.74, 6) is 1.86. The van der Waals surface area contributed by atoms with Crippen molar-refractivity contribution in [2.75, 3.05) is 6.26 Å². The fraction of sp³-hybridized carbons (Fsp3) is 0.450. The number of nitrogens with zero attached hydrogens (tertiary/aromatic N) is 3. The molecule has 25 heavy (non-hydrogen) atoms. The van der Waals surface area contributed by atoms with Gasteiger partial charge in [-0.2, -0.15) is 5.26 Å². The van der Waals surface area contributed by atoms with Gasteiger partial charge in [-0.15, -0.1) is 11.8 Å². The van der Waals surface area contributed by atoms with E-state index in [1.165, 1.54) is 17.3 Å². The summed E-state index contributed by atoms with van der Waals surface area (Å²) in [6, 6.07) is 10.4. The summed E-state index contributed by atoms with van der Waals surface area (Å²) in [7, 11) is 0. The first-order chi connectivity index (χ1) is 11.9. The minimum absolute atomic E-state index is 0.126. The van der Waals surface area contributed by atoms with Crippen LogP contribution in [0.15, 0.2) is 29.3 Å². The second kappa shape index (κ2) is 7.05. The van der Waals surface area contributed by atoms with Gasteiger partial charge in [-0.1, -0.05) is 32.9 Å². The Labute approximate surface area is 153 Å². The predicted molar refractivity (Wildman–Crippen MR) is 100.0 cm³/mol. The lowest BCUT2D eigenvalue weighted by Crippen LogP contribution is -2.11. The Morgan fingerprint density at radius 2 is 1.88 bits per heavy atom. The van der Waals surface area contributed by atoms with E-state index in [9.17, 15) is 5.26 Å². The van der Waals surface area contributed by atoms with E-state index in [1.807, 2.05) is 18.4 Å². The maximum atomic E-state index is 9.42. The lowest BCUT2D eigenvalue weighted by Gasteiger charge is -2.19. The third-order valence-corrected chi connectivity index (χ3v) is 4.99. The molecule has 1 heterocycles. The quantitative estimate of drug-likeness (QED) is 0.569. The van der Waals surface area contributed by atoms with Crippen molar-refractivity contribution in [3.63, 3.8) is 0 Å². The summed E-state index contributed by atoms with van der Waals surface area (Å²) in [6.07, 6.45) is 4.15. The second-order valence-corrected chi connectivity index (χ2v) is 8.15. The number of aromatic nitrogens is 2. The van der Waals surface area contributed by atoms with E-state index in [2.05, 4.69) is 48.9 Å². The lowest BCUT2D eigenvalue weighted by atomic mass is 9.87. The summed E-state index contributed by atoms with van der Waals surface area (Å²) >= 11 is 1.49. The van der Waals surface area contributed by atoms with E-state index in [0.29, 0.717) is 23.9 Å². The zero-order valence-electron chi connectivity index (χ0n) is 15.2. The number of rotatable bonds is 5. The van der Waals surface area contributed by atoms with Gasteiger partial charge in [-0.05, 0) is 42.2 Å². The molecule has 0 atom stereocenters. The van der Waals surface area contributed by atoms with E-state index in [4.69, 9.17) is 4.74 Å². The zero-order valence-corrected chi connectivity index (χ0v) is 16.0. The summed E-state index contributed by atoms with van der Waals surface area (Å²) in [5.41, 5.74) is 2.92. The molecule has 1 aliphatic carbocycles. The van der Waals surface area contributed by atoms with Crippen molar-refractivity contribution < 1.29 is 4.74 Å². The molecule has 0 bridgehead atoms. The van der Waals surface area contributed by atoms with Crippen molar-refractivity contribution in [2.45, 2.75) is 56.6 Å². The van der Waals surface area contributed by atoms with E-state index >= 15 is 0 Å². The van der Waals surface area contributed by atoms with E-state index in [-0.39, 0.29) is 5.41 Å². The predicted octanol–water partition coefficient (Wildman–Crippen LogP) is 4.82. The first-order valence-electron chi connectivity index (χ1n) is 8.50. The average Bonchev–Trinajstić information content (AvgIpc) is 3.43. The van der Waals surface area contributed by atoms with Gasteiger partial charge in [0.25, 0.3) is 0 Å². The maximum Gasteiger partial charge on any atom is 0.167 e. The Hall–Kier alpha value is -2.06. The van der Waals surface area contributed by atoms with Crippen molar-refractivity contribution in [3.8, 4) is 11.8 Å². The van der Waals surface area contributed by atoms with Gasteiger partial charge in [0.05, 0.1) is 5.69 Å². The summed E-state index contributed by atoms with van der Waals surface area (Å²) < 4.78 is 5.87. The van der Waals surface area contributed by atoms with Crippen LogP contribution < -0.4 is 4.74 Å². The molecule has 1 saturated carbocycles. The first-order valence-corrected chi connectivity index (χ1v) is 9.73. The highest BCUT2D eigenvalue weighted by atomic mass is 32.2. The number of benzene rings is 1. The highest BCUT2D eigenvalue weighted by molar-refractivity contribution is 7.98. The highest BCUT2D eigenvalue weighted by Crippen LogP contribution is 2.41. The zero-order chi connectivity index (χ0) is 18.0. The van der Waals surface area contributed by atoms with Crippen molar-refractivity contribution in [2.24, 2.45) is 0 Å². The monoisotopic (exact) mass is 353 g/mol. The average molecular weight is 353 g/mol. The normalized spacial score (nSPS) is 14.2. The molecule has 0 radical (unpaired) electrons. The molecule has 1 aromatic heterocycles. The van der Waals surface area contributed by atoms with E-state index in [1.54, 1.807) is 0 Å². The first kappa shape index (κ1) is 17.8. The molecule has 1 aliphatic rings. The molecular formula is C20H23N3OS. The van der Waals surface area contributed by atoms with Crippen LogP contribution in [0.1, 0.15) is 62.2 Å². The number of thioether (sulfide) groups is 1. The maximum absolute atomic E-state index is 9.42. The minimum atomic E-state index is 0.126. The molecule has 0 N–H and O–H groups in total. The second-order valence-electron chi connectivity index (χ2n) is 7.36. The minimum Gasteiger partial charge on any atom is -0.486 e. The smallest absolute Gasteiger partial charge is 0.167 e. The van der Waals surface area contributed by atoms with Crippen molar-refractivity contribution in [1.29, 1.82) is 5.26 Å². The van der Waals surface area contributed by atoms with Crippen molar-refractivity contribution >= 4 is 11.8 Å². The van der Waals surface area contributed by atoms with Crippen LogP contribution in [0.3, 0.4) is 0 Å². The number of hydrogen-bond donors (Lipinski definition) is 0. The van der Waals surface area contributed by atoms with Crippen LogP contribution in [0.5, 0.6) is 5.75 Å². The third kappa shape index (κ3) is 4.13. The van der Waals surface area contributed by atoms with Gasteiger partial charge < -0.3 is 4.74 Å². The van der Waals surface area contributed by atoms with Gasteiger partial charge in [0, 0.05) is 5.92 Å². The Kier molecular flexibility index (Phi) is 5.01. The van der Waals surface area contributed by atoms with Crippen LogP contribution in [-0.4, -0.2) is 16.2 Å². The lowest BCUT2D eigenvalue weighted by molar-refractivity contribution is 0.294. The van der Waals surface area contributed by atoms with Gasteiger partial charge >= 0.3 is 0 Å². The van der Waals surface area contributed by atoms with Gasteiger partial charge in [-0.25, -0.2) is 9.97 Å². The number of hydrogen-bond acceptors (Lipinski definition) is 5. The molecule has 3 rings (SSSR count). The van der Waals surface area contributed by atoms with Crippen LogP contribution in [0.4, 0.5) is 0 Å². The molecule has 0 amide bonds. The molecule has 0 spiro atoms. The van der Waals surface area contributed by atoms with Gasteiger partial charge in [0.2, 0.25) is 0 Å². The fourth-order valence-corrected chi connectivity index (χ4v) is 3.22. The molecule has 0 aliphatic heterocycles. The summed E-state index contributed by atoms with van der Waals surface area (Å²) in [6.45, 7) is 6.89. The van der Waals surface area contributed by atoms with Crippen LogP contribution in [0.25, 0.3) is 0 Å². The summed E-state index contributed by atoms with van der Waals surface area (Å²) in [4.78, 5) is 9.12. The van der Waals surface area contributed by atoms with Crippen LogP contribution in [0.2, 0.25) is 0 Å². The van der Waals surface area contributed by atoms with Crippen LogP contribution in [-0.2, 0) is 12.0 Å². The fourth-order valence-electron chi connectivity index (χ4n) is 2.67. The Balaban J connectivity index is 1.77. The SMILES string of the molecule is CSc1nc(COc2ccc(C(C)(C)C)cc2)nc(C2CC2)c1C#N. The number of nitriles is 1. The van der Waals surface area contributed by atoms with Gasteiger partial charge in [0.15, 0.2) is 5.82 Å². The molecule has 2 aromatic rings. The highest BCUT2D eigenvalue weighted by Gasteiger charge is 2.30. The molecule has 4 nitrogen and oxygen atoms in total. The van der Waals surface area contributed by atoms with Gasteiger partial charge in [-0.3, -0.25) is 0 Å². The van der Waals surface area contributed by atoms with E-state index < -0.39 is 0 Å². The molecule has 1 fully saturated rings.